The van der Waals surface area contributed by atoms with E-state index in [1.165, 1.54) is 0 Å². The van der Waals surface area contributed by atoms with Gasteiger partial charge in [0.15, 0.2) is 0 Å². The normalized spacial score (nSPS) is 12.8. The fourth-order valence-electron chi connectivity index (χ4n) is 3.43. The van der Waals surface area contributed by atoms with Gasteiger partial charge in [-0.15, -0.1) is 0 Å². The van der Waals surface area contributed by atoms with E-state index in [0.717, 1.165) is 16.7 Å². The summed E-state index contributed by atoms with van der Waals surface area (Å²) in [6, 6.07) is 31.1. The maximum Gasteiger partial charge on any atom is 0.147 e. The van der Waals surface area contributed by atoms with E-state index < -0.39 is 5.60 Å². The quantitative estimate of drug-likeness (QED) is 0.601. The van der Waals surface area contributed by atoms with E-state index in [-0.39, 0.29) is 6.10 Å². The summed E-state index contributed by atoms with van der Waals surface area (Å²) < 4.78 is 12.7. The lowest BCUT2D eigenvalue weighted by Gasteiger charge is -2.41. The van der Waals surface area contributed by atoms with Crippen LogP contribution in [0.4, 0.5) is 0 Å². The van der Waals surface area contributed by atoms with Crippen LogP contribution in [0.25, 0.3) is 0 Å². The van der Waals surface area contributed by atoms with Crippen molar-refractivity contribution in [1.29, 1.82) is 0 Å². The minimum atomic E-state index is -0.661. The Kier molecular flexibility index (Phi) is 5.82. The molecule has 0 spiro atoms. The summed E-state index contributed by atoms with van der Waals surface area (Å²) in [5.41, 5.74) is 2.68. The van der Waals surface area contributed by atoms with Gasteiger partial charge in [0.05, 0.1) is 0 Å². The van der Waals surface area contributed by atoms with Gasteiger partial charge >= 0.3 is 0 Å². The molecule has 0 fully saturated rings. The highest BCUT2D eigenvalue weighted by Gasteiger charge is 2.43. The van der Waals surface area contributed by atoms with E-state index in [1.807, 2.05) is 25.1 Å². The number of hydrogen-bond donors (Lipinski definition) is 0. The zero-order valence-corrected chi connectivity index (χ0v) is 16.8. The van der Waals surface area contributed by atoms with Crippen molar-refractivity contribution in [2.45, 2.75) is 18.6 Å². The largest absolute Gasteiger partial charge is 0.412 e. The Morgan fingerprint density at radius 2 is 1.20 bits per heavy atom. The van der Waals surface area contributed by atoms with Gasteiger partial charge in [0, 0.05) is 6.61 Å². The molecule has 0 heterocycles. The van der Waals surface area contributed by atoms with E-state index in [2.05, 4.69) is 72.8 Å². The molecule has 1 atom stereocenters. The molecule has 128 valence electrons. The number of rotatable bonds is 7. The van der Waals surface area contributed by atoms with Gasteiger partial charge in [-0.1, -0.05) is 91.0 Å². The van der Waals surface area contributed by atoms with Gasteiger partial charge < -0.3 is 9.16 Å². The van der Waals surface area contributed by atoms with Crippen molar-refractivity contribution < 1.29 is 9.16 Å². The maximum atomic E-state index is 6.39. The first-order chi connectivity index (χ1) is 12.3. The fraction of sp³-hybridized carbons (Fsp3) is 0.182. The molecular formula is C22H24O2Si. The average Bonchev–Trinajstić information content (AvgIpc) is 2.70. The fourth-order valence-corrected chi connectivity index (χ4v) is 4.11. The molecule has 0 saturated carbocycles. The van der Waals surface area contributed by atoms with E-state index in [9.17, 15) is 0 Å². The second kappa shape index (κ2) is 8.25. The molecule has 3 heteroatoms. The highest BCUT2D eigenvalue weighted by atomic mass is 28.2. The van der Waals surface area contributed by atoms with Crippen molar-refractivity contribution in [2.24, 2.45) is 0 Å². The van der Waals surface area contributed by atoms with Gasteiger partial charge in [0.2, 0.25) is 0 Å². The highest BCUT2D eigenvalue weighted by Crippen LogP contribution is 2.45. The Morgan fingerprint density at radius 1 is 0.760 bits per heavy atom. The molecule has 0 saturated heterocycles. The van der Waals surface area contributed by atoms with Crippen LogP contribution in [-0.2, 0) is 14.8 Å². The minimum Gasteiger partial charge on any atom is -0.412 e. The third kappa shape index (κ3) is 3.44. The molecule has 0 aliphatic carbocycles. The summed E-state index contributed by atoms with van der Waals surface area (Å²) in [6.07, 6.45) is -0.221. The molecule has 2 nitrogen and oxygen atoms in total. The molecule has 0 radical (unpaired) electrons. The Labute approximate surface area is 153 Å². The van der Waals surface area contributed by atoms with Crippen molar-refractivity contribution in [3.05, 3.63) is 108 Å². The van der Waals surface area contributed by atoms with Crippen molar-refractivity contribution in [1.82, 2.24) is 0 Å². The summed E-state index contributed by atoms with van der Waals surface area (Å²) in [5, 5.41) is 0. The predicted octanol–water partition coefficient (Wildman–Crippen LogP) is 4.01. The molecule has 0 aromatic heterocycles. The lowest BCUT2D eigenvalue weighted by Crippen LogP contribution is -2.39. The third-order valence-electron chi connectivity index (χ3n) is 4.53. The van der Waals surface area contributed by atoms with Gasteiger partial charge in [-0.2, -0.15) is 0 Å². The molecule has 0 bridgehead atoms. The summed E-state index contributed by atoms with van der Waals surface area (Å²) in [6.45, 7) is 2.65. The molecule has 25 heavy (non-hydrogen) atoms. The maximum absolute atomic E-state index is 6.39. The van der Waals surface area contributed by atoms with E-state index in [1.54, 1.807) is 0 Å². The standard InChI is InChI=1S/C22H24O2Si/c1-2-23-21(18-12-6-3-7-13-18)22(24-25,19-14-8-4-9-15-19)20-16-10-5-11-17-20/h3-17,21H,2H2,1,25H3. The molecule has 3 aromatic rings. The predicted molar refractivity (Wildman–Crippen MR) is 105 cm³/mol. The second-order valence-corrected chi connectivity index (χ2v) is 6.33. The molecule has 0 aliphatic heterocycles. The molecule has 0 amide bonds. The topological polar surface area (TPSA) is 18.5 Å². The lowest BCUT2D eigenvalue weighted by molar-refractivity contribution is -0.0711. The molecule has 0 N–H and O–H groups in total. The Morgan fingerprint density at radius 3 is 1.60 bits per heavy atom. The Hall–Kier alpha value is -2.20. The van der Waals surface area contributed by atoms with Crippen LogP contribution in [0.2, 0.25) is 0 Å². The number of hydrogen-bond acceptors (Lipinski definition) is 2. The van der Waals surface area contributed by atoms with Gasteiger partial charge in [-0.25, -0.2) is 0 Å². The van der Waals surface area contributed by atoms with Crippen molar-refractivity contribution in [2.75, 3.05) is 6.61 Å². The Bertz CT molecular complexity index is 720. The first kappa shape index (κ1) is 17.6. The molecular weight excluding hydrogens is 324 g/mol. The zero-order valence-electron chi connectivity index (χ0n) is 14.8. The first-order valence-electron chi connectivity index (χ1n) is 8.65. The van der Waals surface area contributed by atoms with Gasteiger partial charge in [-0.3, -0.25) is 0 Å². The van der Waals surface area contributed by atoms with Crippen LogP contribution in [0.1, 0.15) is 29.7 Å². The van der Waals surface area contributed by atoms with Crippen LogP contribution >= 0.6 is 0 Å². The molecule has 3 rings (SSSR count). The van der Waals surface area contributed by atoms with Crippen LogP contribution in [0, 0.1) is 0 Å². The van der Waals surface area contributed by atoms with Gasteiger partial charge in [-0.05, 0) is 23.6 Å². The van der Waals surface area contributed by atoms with E-state index in [4.69, 9.17) is 9.16 Å². The van der Waals surface area contributed by atoms with Gasteiger partial charge in [0.1, 0.15) is 22.2 Å². The summed E-state index contributed by atoms with van der Waals surface area (Å²) >= 11 is 0. The van der Waals surface area contributed by atoms with Gasteiger partial charge in [0.25, 0.3) is 0 Å². The van der Waals surface area contributed by atoms with Crippen LogP contribution in [-0.4, -0.2) is 17.1 Å². The smallest absolute Gasteiger partial charge is 0.147 e. The number of benzene rings is 3. The monoisotopic (exact) mass is 348 g/mol. The van der Waals surface area contributed by atoms with Crippen molar-refractivity contribution >= 4 is 10.5 Å². The van der Waals surface area contributed by atoms with E-state index in [0.29, 0.717) is 17.1 Å². The highest BCUT2D eigenvalue weighted by molar-refractivity contribution is 5.98. The SMILES string of the molecule is CCOC(c1ccccc1)C(O[SiH3])(c1ccccc1)c1ccccc1. The summed E-state index contributed by atoms with van der Waals surface area (Å²) in [5.74, 6) is 0. The molecule has 0 aliphatic rings. The van der Waals surface area contributed by atoms with Crippen LogP contribution in [0.3, 0.4) is 0 Å². The molecule has 3 aromatic carbocycles. The summed E-state index contributed by atoms with van der Waals surface area (Å²) in [7, 11) is 0.592. The second-order valence-electron chi connectivity index (χ2n) is 5.92. The summed E-state index contributed by atoms with van der Waals surface area (Å²) in [4.78, 5) is 0. The number of ether oxygens (including phenoxy) is 1. The van der Waals surface area contributed by atoms with E-state index >= 15 is 0 Å². The van der Waals surface area contributed by atoms with Crippen LogP contribution in [0.15, 0.2) is 91.0 Å². The molecule has 1 unspecified atom stereocenters. The zero-order chi connectivity index (χ0) is 17.5. The van der Waals surface area contributed by atoms with Crippen LogP contribution in [0.5, 0.6) is 0 Å². The lowest BCUT2D eigenvalue weighted by atomic mass is 9.79. The van der Waals surface area contributed by atoms with Crippen molar-refractivity contribution in [3.8, 4) is 0 Å². The van der Waals surface area contributed by atoms with Crippen LogP contribution < -0.4 is 0 Å². The average molecular weight is 349 g/mol. The Balaban J connectivity index is 2.25. The third-order valence-corrected chi connectivity index (χ3v) is 5.18. The first-order valence-corrected chi connectivity index (χ1v) is 9.47. The minimum absolute atomic E-state index is 0.221. The van der Waals surface area contributed by atoms with Crippen molar-refractivity contribution in [3.63, 3.8) is 0 Å².